The summed E-state index contributed by atoms with van der Waals surface area (Å²) >= 11 is 1.12. The highest BCUT2D eigenvalue weighted by Gasteiger charge is 2.32. The number of guanidine groups is 1. The number of fused-ring (bicyclic) bond motifs is 1. The van der Waals surface area contributed by atoms with Gasteiger partial charge in [0.2, 0.25) is 29.4 Å². The number of nitrogens with one attached hydrogen (secondary N) is 6. The fourth-order valence-electron chi connectivity index (χ4n) is 6.00. The molecule has 298 valence electrons. The predicted molar refractivity (Wildman–Crippen MR) is 209 cm³/mol. The van der Waals surface area contributed by atoms with Gasteiger partial charge in [-0.25, -0.2) is 4.98 Å². The van der Waals surface area contributed by atoms with Crippen LogP contribution in [-0.4, -0.2) is 103 Å². The lowest BCUT2D eigenvalue weighted by molar-refractivity contribution is -0.133. The molecule has 0 bridgehead atoms. The number of hydrogen-bond acceptors (Lipinski definition) is 11. The minimum atomic E-state index is -1.05. The lowest BCUT2D eigenvalue weighted by atomic mass is 10.00. The third kappa shape index (κ3) is 14.3. The van der Waals surface area contributed by atoms with Crippen molar-refractivity contribution in [2.45, 2.75) is 109 Å². The van der Waals surface area contributed by atoms with Crippen molar-refractivity contribution in [3.63, 3.8) is 0 Å². The van der Waals surface area contributed by atoms with Gasteiger partial charge < -0.3 is 49.1 Å². The minimum absolute atomic E-state index is 0.0347. The van der Waals surface area contributed by atoms with E-state index in [2.05, 4.69) is 41.9 Å². The van der Waals surface area contributed by atoms with Gasteiger partial charge in [0.05, 0.1) is 16.3 Å². The van der Waals surface area contributed by atoms with Gasteiger partial charge >= 0.3 is 0 Å². The number of aliphatic imine (C=N–C) groups is 1. The summed E-state index contributed by atoms with van der Waals surface area (Å²) in [5.41, 5.74) is 17.6. The summed E-state index contributed by atoms with van der Waals surface area (Å²) in [6, 6.07) is 1.17. The zero-order valence-corrected chi connectivity index (χ0v) is 32.5. The summed E-state index contributed by atoms with van der Waals surface area (Å²) in [4.78, 5) is 87.5. The van der Waals surface area contributed by atoms with Crippen molar-refractivity contribution in [3.8, 4) is 0 Å². The van der Waals surface area contributed by atoms with Gasteiger partial charge in [-0.15, -0.1) is 11.3 Å². The molecule has 0 radical (unpaired) electrons. The van der Waals surface area contributed by atoms with E-state index in [1.54, 1.807) is 18.2 Å². The van der Waals surface area contributed by atoms with Crippen LogP contribution in [0.2, 0.25) is 0 Å². The largest absolute Gasteiger partial charge is 0.370 e. The molecule has 54 heavy (non-hydrogen) atoms. The number of amides is 5. The first kappa shape index (κ1) is 43.7. The summed E-state index contributed by atoms with van der Waals surface area (Å²) in [6.45, 7) is 8.86. The number of piperidine rings is 1. The van der Waals surface area contributed by atoms with Crippen LogP contribution in [0.15, 0.2) is 23.2 Å². The van der Waals surface area contributed by atoms with Crippen LogP contribution in [0.5, 0.6) is 0 Å². The highest BCUT2D eigenvalue weighted by atomic mass is 32.1. The van der Waals surface area contributed by atoms with Crippen LogP contribution in [0.4, 0.5) is 0 Å². The van der Waals surface area contributed by atoms with Crippen molar-refractivity contribution in [2.75, 3.05) is 26.2 Å². The van der Waals surface area contributed by atoms with Gasteiger partial charge in [0.25, 0.3) is 5.91 Å². The average Bonchev–Trinajstić information content (AvgIpc) is 3.55. The minimum Gasteiger partial charge on any atom is -0.370 e. The van der Waals surface area contributed by atoms with E-state index in [1.165, 1.54) is 13.8 Å². The van der Waals surface area contributed by atoms with E-state index in [1.807, 2.05) is 13.8 Å². The maximum absolute atomic E-state index is 14.0. The first-order valence-corrected chi connectivity index (χ1v) is 19.4. The SMILES string of the molecule is CC(=O)N[C@@H](C)C(=O)N[C@@H](CCCCN)C(=O)N[C@@H](CC(C)C)C(=O)N[C@@H](CCCN=C(N)N)C(=O)c1nc2ccc(C(=O)NC3CCNCC3)cc2s1. The molecule has 2 heterocycles. The Morgan fingerprint density at radius 2 is 1.54 bits per heavy atom. The number of carbonyl (C=O) groups is 6. The molecule has 1 aromatic heterocycles. The van der Waals surface area contributed by atoms with E-state index in [9.17, 15) is 28.8 Å². The zero-order valence-electron chi connectivity index (χ0n) is 31.7. The molecule has 17 nitrogen and oxygen atoms in total. The maximum Gasteiger partial charge on any atom is 0.251 e. The number of ketones is 1. The van der Waals surface area contributed by atoms with Gasteiger partial charge in [0, 0.05) is 25.1 Å². The topological polar surface area (TPSA) is 278 Å². The standard InChI is InChI=1S/C36H57N11O6S/c1-20(2)18-28(46-33(52)27(8-5-6-14-37)45-31(50)21(3)42-22(4)48)34(53)44-26(9-7-15-41-36(38)39)30(49)35-47-25-11-10-23(19-29(25)54-35)32(51)43-24-12-16-40-17-13-24/h10-11,19-21,24,26-28,40H,5-9,12-18,37H2,1-4H3,(H,42,48)(H,43,51)(H,44,53)(H,45,50)(H,46,52)(H4,38,39,41)/t21-,26-,27-,28-/m0/s1. The highest BCUT2D eigenvalue weighted by Crippen LogP contribution is 2.25. The Bertz CT molecular complexity index is 1640. The lowest BCUT2D eigenvalue weighted by Gasteiger charge is -2.26. The fourth-order valence-corrected chi connectivity index (χ4v) is 7.00. The molecule has 0 aliphatic carbocycles. The predicted octanol–water partition coefficient (Wildman–Crippen LogP) is 0.169. The van der Waals surface area contributed by atoms with Gasteiger partial charge in [-0.2, -0.15) is 0 Å². The molecule has 4 atom stereocenters. The molecule has 18 heteroatoms. The molecule has 1 aliphatic heterocycles. The lowest BCUT2D eigenvalue weighted by Crippen LogP contribution is -2.57. The molecular weight excluding hydrogens is 715 g/mol. The molecular formula is C36H57N11O6S. The molecule has 0 unspecified atom stereocenters. The van der Waals surface area contributed by atoms with Gasteiger partial charge in [-0.1, -0.05) is 13.8 Å². The van der Waals surface area contributed by atoms with Crippen LogP contribution >= 0.6 is 11.3 Å². The van der Waals surface area contributed by atoms with E-state index in [4.69, 9.17) is 17.2 Å². The van der Waals surface area contributed by atoms with Gasteiger partial charge in [-0.3, -0.25) is 33.8 Å². The smallest absolute Gasteiger partial charge is 0.251 e. The number of unbranched alkanes of at least 4 members (excludes halogenated alkanes) is 1. The third-order valence-electron chi connectivity index (χ3n) is 8.85. The normalized spacial score (nSPS) is 15.4. The van der Waals surface area contributed by atoms with Crippen LogP contribution in [0, 0.1) is 5.92 Å². The quantitative estimate of drug-likeness (QED) is 0.0357. The van der Waals surface area contributed by atoms with E-state index in [0.717, 1.165) is 37.3 Å². The Morgan fingerprint density at radius 3 is 2.19 bits per heavy atom. The summed E-state index contributed by atoms with van der Waals surface area (Å²) in [6.07, 6.45) is 3.84. The number of carbonyl (C=O) groups excluding carboxylic acids is 6. The fraction of sp³-hybridized carbons (Fsp3) is 0.611. The Hall–Kier alpha value is -4.68. The molecule has 1 aromatic carbocycles. The Balaban J connectivity index is 1.82. The van der Waals surface area contributed by atoms with Gasteiger partial charge in [0.1, 0.15) is 18.1 Å². The molecule has 1 aliphatic rings. The average molecular weight is 772 g/mol. The highest BCUT2D eigenvalue weighted by molar-refractivity contribution is 7.20. The van der Waals surface area contributed by atoms with Crippen molar-refractivity contribution in [2.24, 2.45) is 28.1 Å². The number of nitrogens with zero attached hydrogens (tertiary/aromatic N) is 2. The summed E-state index contributed by atoms with van der Waals surface area (Å²) < 4.78 is 0.641. The molecule has 1 fully saturated rings. The molecule has 12 N–H and O–H groups in total. The van der Waals surface area contributed by atoms with Crippen molar-refractivity contribution in [1.82, 2.24) is 36.9 Å². The van der Waals surface area contributed by atoms with Crippen LogP contribution in [-0.2, 0) is 19.2 Å². The number of nitrogens with two attached hydrogens (primary N) is 3. The molecule has 3 rings (SSSR count). The summed E-state index contributed by atoms with van der Waals surface area (Å²) in [5.74, 6) is -2.91. The molecule has 2 aromatic rings. The van der Waals surface area contributed by atoms with E-state index < -0.39 is 53.6 Å². The van der Waals surface area contributed by atoms with Crippen molar-refractivity contribution >= 4 is 62.8 Å². The molecule has 0 saturated carbocycles. The number of rotatable bonds is 21. The van der Waals surface area contributed by atoms with E-state index >= 15 is 0 Å². The Kier molecular flexibility index (Phi) is 17.7. The number of aromatic nitrogens is 1. The molecule has 1 saturated heterocycles. The summed E-state index contributed by atoms with van der Waals surface area (Å²) in [5, 5.41) is 17.3. The number of benzene rings is 1. The zero-order chi connectivity index (χ0) is 39.8. The molecule has 5 amide bonds. The second kappa shape index (κ2) is 21.9. The second-order valence-corrected chi connectivity index (χ2v) is 15.1. The van der Waals surface area contributed by atoms with Crippen LogP contribution in [0.1, 0.15) is 99.2 Å². The third-order valence-corrected chi connectivity index (χ3v) is 9.88. The van der Waals surface area contributed by atoms with Crippen molar-refractivity contribution in [3.05, 3.63) is 28.8 Å². The van der Waals surface area contributed by atoms with Crippen molar-refractivity contribution in [1.29, 1.82) is 0 Å². The Labute approximate surface area is 320 Å². The number of thiazole rings is 1. The summed E-state index contributed by atoms with van der Waals surface area (Å²) in [7, 11) is 0. The van der Waals surface area contributed by atoms with Gasteiger partial charge in [0.15, 0.2) is 11.0 Å². The van der Waals surface area contributed by atoms with E-state index in [0.29, 0.717) is 41.6 Å². The second-order valence-electron chi connectivity index (χ2n) is 14.0. The first-order valence-electron chi connectivity index (χ1n) is 18.6. The van der Waals surface area contributed by atoms with Crippen molar-refractivity contribution < 1.29 is 28.8 Å². The van der Waals surface area contributed by atoms with Crippen LogP contribution in [0.25, 0.3) is 10.2 Å². The van der Waals surface area contributed by atoms with E-state index in [-0.39, 0.29) is 54.6 Å². The van der Waals surface area contributed by atoms with Crippen LogP contribution in [0.3, 0.4) is 0 Å². The first-order chi connectivity index (χ1) is 25.7. The number of Topliss-reactive ketones (excluding diaryl/α,β-unsaturated/α-hetero) is 1. The molecule has 0 spiro atoms. The van der Waals surface area contributed by atoms with Crippen LogP contribution < -0.4 is 49.1 Å². The number of hydrogen-bond donors (Lipinski definition) is 9. The maximum atomic E-state index is 14.0. The Morgan fingerprint density at radius 1 is 0.889 bits per heavy atom. The van der Waals surface area contributed by atoms with Gasteiger partial charge in [-0.05, 0) is 102 Å². The monoisotopic (exact) mass is 771 g/mol.